The Bertz CT molecular complexity index is 595. The van der Waals surface area contributed by atoms with Gasteiger partial charge in [-0.3, -0.25) is 4.79 Å². The molecule has 5 nitrogen and oxygen atoms in total. The fraction of sp³-hybridized carbons (Fsp3) is 0.667. The number of aryl methyl sites for hydroxylation is 1. The third-order valence-corrected chi connectivity index (χ3v) is 4.88. The molecule has 0 N–H and O–H groups in total. The van der Waals surface area contributed by atoms with Crippen LogP contribution < -0.4 is 10.4 Å². The van der Waals surface area contributed by atoms with Crippen molar-refractivity contribution in [3.05, 3.63) is 28.3 Å². The van der Waals surface area contributed by atoms with Gasteiger partial charge in [0.25, 0.3) is 0 Å². The summed E-state index contributed by atoms with van der Waals surface area (Å²) >= 11 is 0. The first-order valence-corrected chi connectivity index (χ1v) is 8.69. The number of amides is 1. The number of carbonyl (C=O) groups excluding carboxylic acids is 1. The summed E-state index contributed by atoms with van der Waals surface area (Å²) in [5, 5.41) is 0. The molecule has 23 heavy (non-hydrogen) atoms. The second kappa shape index (κ2) is 7.20. The van der Waals surface area contributed by atoms with Crippen LogP contribution in [-0.4, -0.2) is 30.0 Å². The van der Waals surface area contributed by atoms with E-state index in [1.807, 2.05) is 4.90 Å². The second-order valence-electron chi connectivity index (χ2n) is 6.70. The van der Waals surface area contributed by atoms with Crippen molar-refractivity contribution in [2.45, 2.75) is 58.0 Å². The molecule has 1 aromatic rings. The summed E-state index contributed by atoms with van der Waals surface area (Å²) < 4.78 is 10.8. The first-order valence-electron chi connectivity index (χ1n) is 8.69. The van der Waals surface area contributed by atoms with Gasteiger partial charge >= 0.3 is 5.63 Å². The number of nitrogens with zero attached hydrogens (tertiary/aromatic N) is 1. The van der Waals surface area contributed by atoms with Gasteiger partial charge in [-0.25, -0.2) is 4.79 Å². The minimum absolute atomic E-state index is 0.0617. The zero-order valence-electron chi connectivity index (χ0n) is 13.8. The standard InChI is InChI=1S/C18H25NO4/c1-13-11-16(12-17(20)22-13)23-15-7-9-19(10-8-15)18(21)14-5-3-2-4-6-14/h11-12,14-15H,2-10H2,1H3. The Morgan fingerprint density at radius 3 is 2.48 bits per heavy atom. The van der Waals surface area contributed by atoms with E-state index in [-0.39, 0.29) is 17.6 Å². The summed E-state index contributed by atoms with van der Waals surface area (Å²) in [6.07, 6.45) is 7.44. The first kappa shape index (κ1) is 16.1. The van der Waals surface area contributed by atoms with Crippen LogP contribution in [0.3, 0.4) is 0 Å². The summed E-state index contributed by atoms with van der Waals surface area (Å²) in [6, 6.07) is 3.12. The van der Waals surface area contributed by atoms with Gasteiger partial charge in [-0.15, -0.1) is 0 Å². The van der Waals surface area contributed by atoms with Crippen molar-refractivity contribution in [3.63, 3.8) is 0 Å². The Morgan fingerprint density at radius 1 is 1.13 bits per heavy atom. The molecule has 126 valence electrons. The number of hydrogen-bond acceptors (Lipinski definition) is 4. The highest BCUT2D eigenvalue weighted by Gasteiger charge is 2.29. The molecule has 1 aliphatic heterocycles. The maximum Gasteiger partial charge on any atom is 0.339 e. The van der Waals surface area contributed by atoms with Crippen molar-refractivity contribution >= 4 is 5.91 Å². The molecule has 1 saturated carbocycles. The van der Waals surface area contributed by atoms with E-state index >= 15 is 0 Å². The molecule has 0 unspecified atom stereocenters. The monoisotopic (exact) mass is 319 g/mol. The molecule has 0 bridgehead atoms. The van der Waals surface area contributed by atoms with E-state index in [0.29, 0.717) is 17.4 Å². The molecule has 0 aromatic carbocycles. The quantitative estimate of drug-likeness (QED) is 0.859. The molecule has 3 rings (SSSR count). The summed E-state index contributed by atoms with van der Waals surface area (Å²) in [5.41, 5.74) is -0.384. The van der Waals surface area contributed by atoms with Crippen LogP contribution in [0.25, 0.3) is 0 Å². The van der Waals surface area contributed by atoms with Gasteiger partial charge in [0, 0.05) is 37.9 Å². The average molecular weight is 319 g/mol. The molecule has 0 radical (unpaired) electrons. The molecule has 0 atom stereocenters. The molecule has 5 heteroatoms. The average Bonchev–Trinajstić information content (AvgIpc) is 2.55. The van der Waals surface area contributed by atoms with Gasteiger partial charge < -0.3 is 14.1 Å². The number of ether oxygens (including phenoxy) is 1. The van der Waals surface area contributed by atoms with Gasteiger partial charge in [0.2, 0.25) is 5.91 Å². The highest BCUT2D eigenvalue weighted by molar-refractivity contribution is 5.79. The second-order valence-corrected chi connectivity index (χ2v) is 6.70. The van der Waals surface area contributed by atoms with Crippen LogP contribution in [0.4, 0.5) is 0 Å². The summed E-state index contributed by atoms with van der Waals surface area (Å²) in [5.74, 6) is 1.69. The number of carbonyl (C=O) groups is 1. The Labute approximate surface area is 136 Å². The Morgan fingerprint density at radius 2 is 1.83 bits per heavy atom. The van der Waals surface area contributed by atoms with Gasteiger partial charge in [-0.05, 0) is 19.8 Å². The highest BCUT2D eigenvalue weighted by atomic mass is 16.5. The van der Waals surface area contributed by atoms with Gasteiger partial charge in [0.1, 0.15) is 17.6 Å². The third kappa shape index (κ3) is 4.15. The molecule has 1 aromatic heterocycles. The van der Waals surface area contributed by atoms with Gasteiger partial charge in [-0.1, -0.05) is 19.3 Å². The van der Waals surface area contributed by atoms with Gasteiger partial charge in [0.15, 0.2) is 0 Å². The van der Waals surface area contributed by atoms with Crippen LogP contribution in [0.1, 0.15) is 50.7 Å². The van der Waals surface area contributed by atoms with Crippen molar-refractivity contribution in [1.82, 2.24) is 4.90 Å². The largest absolute Gasteiger partial charge is 0.490 e. The maximum absolute atomic E-state index is 12.5. The van der Waals surface area contributed by atoms with Crippen molar-refractivity contribution in [2.24, 2.45) is 5.92 Å². The lowest BCUT2D eigenvalue weighted by atomic mass is 9.88. The molecule has 1 amide bonds. The number of hydrogen-bond donors (Lipinski definition) is 0. The van der Waals surface area contributed by atoms with Crippen LogP contribution in [0.5, 0.6) is 5.75 Å². The fourth-order valence-electron chi connectivity index (χ4n) is 3.64. The summed E-state index contributed by atoms with van der Waals surface area (Å²) in [4.78, 5) is 25.9. The number of piperidine rings is 1. The lowest BCUT2D eigenvalue weighted by Gasteiger charge is -2.35. The smallest absolute Gasteiger partial charge is 0.339 e. The minimum atomic E-state index is -0.384. The van der Waals surface area contributed by atoms with E-state index < -0.39 is 0 Å². The SMILES string of the molecule is Cc1cc(OC2CCN(C(=O)C3CCCCC3)CC2)cc(=O)o1. The minimum Gasteiger partial charge on any atom is -0.490 e. The van der Waals surface area contributed by atoms with Gasteiger partial charge in [0.05, 0.1) is 6.07 Å². The summed E-state index contributed by atoms with van der Waals surface area (Å²) in [7, 11) is 0. The predicted molar refractivity (Wildman–Crippen MR) is 86.5 cm³/mol. The predicted octanol–water partition coefficient (Wildman–Crippen LogP) is 2.90. The zero-order chi connectivity index (χ0) is 16.2. The van der Waals surface area contributed by atoms with Crippen LogP contribution in [0.2, 0.25) is 0 Å². The van der Waals surface area contributed by atoms with Crippen molar-refractivity contribution in [1.29, 1.82) is 0 Å². The third-order valence-electron chi connectivity index (χ3n) is 4.88. The molecule has 1 saturated heterocycles. The van der Waals surface area contributed by atoms with Crippen molar-refractivity contribution in [2.75, 3.05) is 13.1 Å². The van der Waals surface area contributed by atoms with Crippen molar-refractivity contribution < 1.29 is 13.9 Å². The highest BCUT2D eigenvalue weighted by Crippen LogP contribution is 2.27. The zero-order valence-corrected chi connectivity index (χ0v) is 13.8. The van der Waals surface area contributed by atoms with E-state index in [1.54, 1.807) is 13.0 Å². The van der Waals surface area contributed by atoms with E-state index in [1.165, 1.54) is 25.3 Å². The van der Waals surface area contributed by atoms with Crippen LogP contribution in [-0.2, 0) is 4.79 Å². The topological polar surface area (TPSA) is 59.8 Å². The van der Waals surface area contributed by atoms with E-state index in [9.17, 15) is 9.59 Å². The van der Waals surface area contributed by atoms with Crippen molar-refractivity contribution in [3.8, 4) is 5.75 Å². The molecular weight excluding hydrogens is 294 g/mol. The Balaban J connectivity index is 1.51. The molecule has 2 heterocycles. The number of likely N-dealkylation sites (tertiary alicyclic amines) is 1. The maximum atomic E-state index is 12.5. The molecular formula is C18H25NO4. The van der Waals surface area contributed by atoms with Crippen LogP contribution in [0.15, 0.2) is 21.3 Å². The Kier molecular flexibility index (Phi) is 5.03. The molecule has 1 aliphatic carbocycles. The molecule has 2 aliphatic rings. The van der Waals surface area contributed by atoms with E-state index in [0.717, 1.165) is 38.8 Å². The fourth-order valence-corrected chi connectivity index (χ4v) is 3.64. The lowest BCUT2D eigenvalue weighted by Crippen LogP contribution is -2.44. The molecule has 0 spiro atoms. The van der Waals surface area contributed by atoms with E-state index in [4.69, 9.17) is 9.15 Å². The van der Waals surface area contributed by atoms with E-state index in [2.05, 4.69) is 0 Å². The first-order chi connectivity index (χ1) is 11.1. The lowest BCUT2D eigenvalue weighted by molar-refractivity contribution is -0.138. The Hall–Kier alpha value is -1.78. The van der Waals surface area contributed by atoms with Crippen LogP contribution in [0, 0.1) is 12.8 Å². The summed E-state index contributed by atoms with van der Waals surface area (Å²) in [6.45, 7) is 3.24. The molecule has 2 fully saturated rings. The van der Waals surface area contributed by atoms with Crippen LogP contribution >= 0.6 is 0 Å². The number of rotatable bonds is 3. The normalized spacial score (nSPS) is 20.5. The van der Waals surface area contributed by atoms with Gasteiger partial charge in [-0.2, -0.15) is 0 Å².